The van der Waals surface area contributed by atoms with Crippen LogP contribution in [0.5, 0.6) is 0 Å². The molecule has 2 aromatic carbocycles. The summed E-state index contributed by atoms with van der Waals surface area (Å²) in [5.74, 6) is 0.583. The predicted molar refractivity (Wildman–Crippen MR) is 108 cm³/mol. The van der Waals surface area contributed by atoms with Crippen molar-refractivity contribution in [3.05, 3.63) is 60.2 Å². The molecule has 5 nitrogen and oxygen atoms in total. The van der Waals surface area contributed by atoms with Gasteiger partial charge in [0.25, 0.3) is 0 Å². The van der Waals surface area contributed by atoms with E-state index in [1.807, 2.05) is 31.2 Å². The van der Waals surface area contributed by atoms with E-state index in [-0.39, 0.29) is 12.5 Å². The second kappa shape index (κ2) is 9.64. The van der Waals surface area contributed by atoms with Gasteiger partial charge in [-0.1, -0.05) is 30.3 Å². The molecule has 0 atom stereocenters. The van der Waals surface area contributed by atoms with Crippen LogP contribution >= 0.6 is 11.8 Å². The lowest BCUT2D eigenvalue weighted by molar-refractivity contribution is -0.119. The van der Waals surface area contributed by atoms with E-state index in [4.69, 9.17) is 0 Å². The van der Waals surface area contributed by atoms with E-state index in [1.165, 1.54) is 4.90 Å². The maximum Gasteiger partial charge on any atom is 0.240 e. The topological polar surface area (TPSA) is 66.5 Å². The number of carbonyl (C=O) groups is 1. The van der Waals surface area contributed by atoms with Crippen LogP contribution in [0.15, 0.2) is 59.5 Å². The predicted octanol–water partition coefficient (Wildman–Crippen LogP) is 3.06. The van der Waals surface area contributed by atoms with E-state index in [0.717, 1.165) is 28.3 Å². The number of aryl methyl sites for hydroxylation is 1. The van der Waals surface area contributed by atoms with Crippen molar-refractivity contribution >= 4 is 33.4 Å². The molecule has 1 amide bonds. The number of thioether (sulfide) groups is 1. The molecule has 0 fully saturated rings. The molecule has 0 spiro atoms. The Hall–Kier alpha value is -1.99. The summed E-state index contributed by atoms with van der Waals surface area (Å²) in [4.78, 5) is 13.4. The number of rotatable bonds is 9. The first kappa shape index (κ1) is 20.3. The number of nitrogens with one attached hydrogen (secondary N) is 1. The third kappa shape index (κ3) is 6.72. The average Bonchev–Trinajstić information content (AvgIpc) is 2.59. The molecule has 26 heavy (non-hydrogen) atoms. The van der Waals surface area contributed by atoms with E-state index in [0.29, 0.717) is 12.2 Å². The van der Waals surface area contributed by atoms with Gasteiger partial charge in [-0.05, 0) is 48.9 Å². The van der Waals surface area contributed by atoms with Crippen LogP contribution in [0.2, 0.25) is 0 Å². The first-order chi connectivity index (χ1) is 12.4. The Labute approximate surface area is 159 Å². The van der Waals surface area contributed by atoms with E-state index in [2.05, 4.69) is 17.4 Å². The average molecular weight is 393 g/mol. The molecular weight excluding hydrogens is 368 g/mol. The highest BCUT2D eigenvalue weighted by Crippen LogP contribution is 2.19. The molecule has 0 radical (unpaired) electrons. The lowest BCUT2D eigenvalue weighted by Crippen LogP contribution is -2.40. The Kier molecular flexibility index (Phi) is 7.53. The van der Waals surface area contributed by atoms with Crippen LogP contribution in [0, 0.1) is 6.92 Å². The third-order valence-electron chi connectivity index (χ3n) is 3.63. The van der Waals surface area contributed by atoms with Gasteiger partial charge in [-0.3, -0.25) is 9.10 Å². The monoisotopic (exact) mass is 392 g/mol. The third-order valence-corrected chi connectivity index (χ3v) is 5.87. The molecule has 0 aliphatic carbocycles. The van der Waals surface area contributed by atoms with E-state index in [1.54, 1.807) is 30.0 Å². The highest BCUT2D eigenvalue weighted by Gasteiger charge is 2.20. The van der Waals surface area contributed by atoms with Crippen LogP contribution < -0.4 is 9.62 Å². The summed E-state index contributed by atoms with van der Waals surface area (Å²) in [5.41, 5.74) is 1.44. The molecule has 0 unspecified atom stereocenters. The molecule has 0 heterocycles. The number of hydrogen-bond donors (Lipinski definition) is 1. The molecule has 7 heteroatoms. The molecule has 0 aromatic heterocycles. The molecule has 0 saturated carbocycles. The van der Waals surface area contributed by atoms with Crippen LogP contribution in [-0.2, 0) is 14.8 Å². The van der Waals surface area contributed by atoms with Crippen LogP contribution in [0.3, 0.4) is 0 Å². The van der Waals surface area contributed by atoms with Gasteiger partial charge in [0.1, 0.15) is 6.54 Å². The van der Waals surface area contributed by atoms with Crippen molar-refractivity contribution in [2.45, 2.75) is 18.2 Å². The Bertz CT molecular complexity index is 824. The zero-order chi connectivity index (χ0) is 19.0. The molecular formula is C19H24N2O3S2. The highest BCUT2D eigenvalue weighted by molar-refractivity contribution is 7.99. The van der Waals surface area contributed by atoms with Crippen LogP contribution in [-0.4, -0.2) is 39.4 Å². The number of amides is 1. The summed E-state index contributed by atoms with van der Waals surface area (Å²) in [6.07, 6.45) is 1.92. The Morgan fingerprint density at radius 3 is 2.50 bits per heavy atom. The van der Waals surface area contributed by atoms with Crippen LogP contribution in [0.1, 0.15) is 12.0 Å². The van der Waals surface area contributed by atoms with Crippen molar-refractivity contribution in [2.75, 3.05) is 29.4 Å². The van der Waals surface area contributed by atoms with Gasteiger partial charge in [0.15, 0.2) is 0 Å². The molecule has 0 aliphatic rings. The second-order valence-electron chi connectivity index (χ2n) is 5.97. The SMILES string of the molecule is Cc1cccc(N(CC(=O)NCCCSc2ccccc2)S(C)(=O)=O)c1. The van der Waals surface area contributed by atoms with Gasteiger partial charge in [-0.15, -0.1) is 11.8 Å². The Morgan fingerprint density at radius 2 is 1.85 bits per heavy atom. The minimum Gasteiger partial charge on any atom is -0.354 e. The minimum absolute atomic E-state index is 0.214. The lowest BCUT2D eigenvalue weighted by atomic mass is 10.2. The molecule has 0 bridgehead atoms. The van der Waals surface area contributed by atoms with Gasteiger partial charge in [0.05, 0.1) is 11.9 Å². The Morgan fingerprint density at radius 1 is 1.12 bits per heavy atom. The van der Waals surface area contributed by atoms with E-state index < -0.39 is 10.0 Å². The van der Waals surface area contributed by atoms with Crippen molar-refractivity contribution in [3.8, 4) is 0 Å². The summed E-state index contributed by atoms with van der Waals surface area (Å²) in [6, 6.07) is 17.2. The van der Waals surface area contributed by atoms with Crippen LogP contribution in [0.4, 0.5) is 5.69 Å². The van der Waals surface area contributed by atoms with Gasteiger partial charge in [0.2, 0.25) is 15.9 Å². The number of sulfonamides is 1. The largest absolute Gasteiger partial charge is 0.354 e. The number of benzene rings is 2. The second-order valence-corrected chi connectivity index (χ2v) is 9.05. The molecule has 2 rings (SSSR count). The quantitative estimate of drug-likeness (QED) is 0.526. The van der Waals surface area contributed by atoms with Gasteiger partial charge in [-0.25, -0.2) is 8.42 Å². The fraction of sp³-hybridized carbons (Fsp3) is 0.316. The summed E-state index contributed by atoms with van der Waals surface area (Å²) in [7, 11) is -3.53. The number of hydrogen-bond acceptors (Lipinski definition) is 4. The standard InChI is InChI=1S/C19H24N2O3S2/c1-16-8-6-9-17(14-16)21(26(2,23)24)15-19(22)20-12-7-13-25-18-10-4-3-5-11-18/h3-6,8-11,14H,7,12-13,15H2,1-2H3,(H,20,22). The van der Waals surface area contributed by atoms with Crippen molar-refractivity contribution < 1.29 is 13.2 Å². The van der Waals surface area contributed by atoms with Gasteiger partial charge < -0.3 is 5.32 Å². The molecule has 2 aromatic rings. The number of anilines is 1. The fourth-order valence-electron chi connectivity index (χ4n) is 2.38. The van der Waals surface area contributed by atoms with Crippen molar-refractivity contribution in [1.29, 1.82) is 0 Å². The van der Waals surface area contributed by atoms with E-state index >= 15 is 0 Å². The number of nitrogens with zero attached hydrogens (tertiary/aromatic N) is 1. The van der Waals surface area contributed by atoms with Crippen molar-refractivity contribution in [1.82, 2.24) is 5.32 Å². The summed E-state index contributed by atoms with van der Waals surface area (Å²) < 4.78 is 25.2. The summed E-state index contributed by atoms with van der Waals surface area (Å²) >= 11 is 1.73. The highest BCUT2D eigenvalue weighted by atomic mass is 32.2. The molecule has 0 saturated heterocycles. The van der Waals surface area contributed by atoms with Crippen LogP contribution in [0.25, 0.3) is 0 Å². The summed E-state index contributed by atoms with van der Waals surface area (Å²) in [6.45, 7) is 2.19. The first-order valence-corrected chi connectivity index (χ1v) is 11.2. The Balaban J connectivity index is 1.82. The zero-order valence-corrected chi connectivity index (χ0v) is 16.6. The maximum atomic E-state index is 12.2. The van der Waals surface area contributed by atoms with Gasteiger partial charge in [-0.2, -0.15) is 0 Å². The molecule has 0 aliphatic heterocycles. The smallest absolute Gasteiger partial charge is 0.240 e. The zero-order valence-electron chi connectivity index (χ0n) is 15.0. The first-order valence-electron chi connectivity index (χ1n) is 8.35. The molecule has 1 N–H and O–H groups in total. The number of carbonyl (C=O) groups excluding carboxylic acids is 1. The maximum absolute atomic E-state index is 12.2. The van der Waals surface area contributed by atoms with Gasteiger partial charge >= 0.3 is 0 Å². The minimum atomic E-state index is -3.53. The van der Waals surface area contributed by atoms with E-state index in [9.17, 15) is 13.2 Å². The normalized spacial score (nSPS) is 11.2. The van der Waals surface area contributed by atoms with Crippen molar-refractivity contribution in [2.24, 2.45) is 0 Å². The summed E-state index contributed by atoms with van der Waals surface area (Å²) in [5, 5.41) is 2.80. The van der Waals surface area contributed by atoms with Crippen molar-refractivity contribution in [3.63, 3.8) is 0 Å². The lowest BCUT2D eigenvalue weighted by Gasteiger charge is -2.22. The fourth-order valence-corrected chi connectivity index (χ4v) is 4.10. The van der Waals surface area contributed by atoms with Gasteiger partial charge in [0, 0.05) is 11.4 Å². The molecule has 140 valence electrons.